The molecule has 0 aromatic heterocycles. The number of nitrogens with one attached hydrogen (secondary N) is 1. The molecule has 1 aromatic carbocycles. The van der Waals surface area contributed by atoms with Crippen LogP contribution in [0.1, 0.15) is 15.9 Å². The maximum absolute atomic E-state index is 11.6. The summed E-state index contributed by atoms with van der Waals surface area (Å²) >= 11 is 0. The molecule has 80 valence electrons. The van der Waals surface area contributed by atoms with Crippen LogP contribution >= 0.6 is 0 Å². The molecular weight excluding hydrogens is 190 g/mol. The van der Waals surface area contributed by atoms with E-state index in [1.54, 1.807) is 25.3 Å². The SMILES string of the molecule is C=CCNC(=O)c1ccc(OC)cc1C. The number of methoxy groups -OCH3 is 1. The standard InChI is InChI=1S/C12H15NO2/c1-4-7-13-12(14)11-6-5-10(15-3)8-9(11)2/h4-6,8H,1,7H2,2-3H3,(H,13,14). The van der Waals surface area contributed by atoms with E-state index in [0.29, 0.717) is 12.1 Å². The van der Waals surface area contributed by atoms with Gasteiger partial charge in [0.25, 0.3) is 5.91 Å². The molecule has 1 aromatic rings. The van der Waals surface area contributed by atoms with Crippen LogP contribution in [0.15, 0.2) is 30.9 Å². The van der Waals surface area contributed by atoms with Crippen molar-refractivity contribution in [3.8, 4) is 5.75 Å². The molecule has 1 amide bonds. The van der Waals surface area contributed by atoms with Gasteiger partial charge in [0.05, 0.1) is 7.11 Å². The van der Waals surface area contributed by atoms with Crippen molar-refractivity contribution in [3.63, 3.8) is 0 Å². The monoisotopic (exact) mass is 205 g/mol. The Morgan fingerprint density at radius 3 is 2.87 bits per heavy atom. The van der Waals surface area contributed by atoms with Crippen molar-refractivity contribution in [2.24, 2.45) is 0 Å². The Hall–Kier alpha value is -1.77. The van der Waals surface area contributed by atoms with E-state index in [4.69, 9.17) is 4.74 Å². The van der Waals surface area contributed by atoms with E-state index in [1.807, 2.05) is 13.0 Å². The number of carbonyl (C=O) groups is 1. The summed E-state index contributed by atoms with van der Waals surface area (Å²) < 4.78 is 5.06. The van der Waals surface area contributed by atoms with Crippen LogP contribution < -0.4 is 10.1 Å². The Morgan fingerprint density at radius 2 is 2.33 bits per heavy atom. The van der Waals surface area contributed by atoms with Gasteiger partial charge < -0.3 is 10.1 Å². The molecule has 3 heteroatoms. The smallest absolute Gasteiger partial charge is 0.251 e. The van der Waals surface area contributed by atoms with Crippen LogP contribution in [0.25, 0.3) is 0 Å². The van der Waals surface area contributed by atoms with Crippen molar-refractivity contribution >= 4 is 5.91 Å². The number of aryl methyl sites for hydroxylation is 1. The van der Waals surface area contributed by atoms with Crippen molar-refractivity contribution in [2.45, 2.75) is 6.92 Å². The van der Waals surface area contributed by atoms with E-state index in [0.717, 1.165) is 11.3 Å². The summed E-state index contributed by atoms with van der Waals surface area (Å²) in [7, 11) is 1.60. The first-order valence-corrected chi connectivity index (χ1v) is 4.72. The molecule has 0 bridgehead atoms. The van der Waals surface area contributed by atoms with Gasteiger partial charge in [0, 0.05) is 12.1 Å². The highest BCUT2D eigenvalue weighted by Gasteiger charge is 2.08. The van der Waals surface area contributed by atoms with Gasteiger partial charge in [-0.3, -0.25) is 4.79 Å². The molecule has 0 atom stereocenters. The third-order valence-electron chi connectivity index (χ3n) is 2.09. The summed E-state index contributed by atoms with van der Waals surface area (Å²) in [6.07, 6.45) is 1.65. The molecule has 0 fully saturated rings. The average molecular weight is 205 g/mol. The number of hydrogen-bond acceptors (Lipinski definition) is 2. The van der Waals surface area contributed by atoms with E-state index in [-0.39, 0.29) is 5.91 Å². The van der Waals surface area contributed by atoms with Gasteiger partial charge in [-0.1, -0.05) is 6.08 Å². The molecule has 1 N–H and O–H groups in total. The third-order valence-corrected chi connectivity index (χ3v) is 2.09. The normalized spacial score (nSPS) is 9.47. The number of hydrogen-bond donors (Lipinski definition) is 1. The fourth-order valence-electron chi connectivity index (χ4n) is 1.28. The predicted molar refractivity (Wildman–Crippen MR) is 60.3 cm³/mol. The van der Waals surface area contributed by atoms with Gasteiger partial charge in [-0.2, -0.15) is 0 Å². The summed E-state index contributed by atoms with van der Waals surface area (Å²) in [5, 5.41) is 2.73. The van der Waals surface area contributed by atoms with Gasteiger partial charge in [0.1, 0.15) is 5.75 Å². The Kier molecular flexibility index (Phi) is 3.92. The van der Waals surface area contributed by atoms with Gasteiger partial charge in [-0.05, 0) is 30.7 Å². The molecule has 0 heterocycles. The van der Waals surface area contributed by atoms with Crippen molar-refractivity contribution < 1.29 is 9.53 Å². The summed E-state index contributed by atoms with van der Waals surface area (Å²) in [5.41, 5.74) is 1.56. The Labute approximate surface area is 89.8 Å². The first-order valence-electron chi connectivity index (χ1n) is 4.72. The first-order chi connectivity index (χ1) is 7.19. The highest BCUT2D eigenvalue weighted by atomic mass is 16.5. The van der Waals surface area contributed by atoms with E-state index >= 15 is 0 Å². The minimum absolute atomic E-state index is 0.0879. The molecule has 1 rings (SSSR count). The second kappa shape index (κ2) is 5.20. The molecule has 0 saturated heterocycles. The molecule has 0 aliphatic rings. The van der Waals surface area contributed by atoms with E-state index in [9.17, 15) is 4.79 Å². The van der Waals surface area contributed by atoms with Crippen LogP contribution in [0.2, 0.25) is 0 Å². The van der Waals surface area contributed by atoms with E-state index in [2.05, 4.69) is 11.9 Å². The van der Waals surface area contributed by atoms with Crippen molar-refractivity contribution in [2.75, 3.05) is 13.7 Å². The largest absolute Gasteiger partial charge is 0.497 e. The topological polar surface area (TPSA) is 38.3 Å². The summed E-state index contributed by atoms with van der Waals surface area (Å²) in [6.45, 7) is 5.90. The predicted octanol–water partition coefficient (Wildman–Crippen LogP) is 1.92. The third kappa shape index (κ3) is 2.84. The van der Waals surface area contributed by atoms with Gasteiger partial charge >= 0.3 is 0 Å². The lowest BCUT2D eigenvalue weighted by Crippen LogP contribution is -2.23. The number of benzene rings is 1. The van der Waals surface area contributed by atoms with E-state index < -0.39 is 0 Å². The van der Waals surface area contributed by atoms with Crippen molar-refractivity contribution in [1.82, 2.24) is 5.32 Å². The van der Waals surface area contributed by atoms with E-state index in [1.165, 1.54) is 0 Å². The van der Waals surface area contributed by atoms with Gasteiger partial charge in [0.2, 0.25) is 0 Å². The molecule has 3 nitrogen and oxygen atoms in total. The maximum atomic E-state index is 11.6. The molecular formula is C12H15NO2. The Bertz CT molecular complexity index is 372. The van der Waals surface area contributed by atoms with Crippen LogP contribution in [0.4, 0.5) is 0 Å². The van der Waals surface area contributed by atoms with Crippen LogP contribution in [-0.4, -0.2) is 19.6 Å². The van der Waals surface area contributed by atoms with Crippen molar-refractivity contribution in [3.05, 3.63) is 42.0 Å². The van der Waals surface area contributed by atoms with Crippen LogP contribution in [0.3, 0.4) is 0 Å². The lowest BCUT2D eigenvalue weighted by atomic mass is 10.1. The molecule has 0 unspecified atom stereocenters. The minimum atomic E-state index is -0.0879. The highest BCUT2D eigenvalue weighted by Crippen LogP contribution is 2.16. The Morgan fingerprint density at radius 1 is 1.60 bits per heavy atom. The molecule has 0 aliphatic heterocycles. The number of rotatable bonds is 4. The van der Waals surface area contributed by atoms with Gasteiger partial charge in [-0.25, -0.2) is 0 Å². The maximum Gasteiger partial charge on any atom is 0.251 e. The van der Waals surface area contributed by atoms with Crippen molar-refractivity contribution in [1.29, 1.82) is 0 Å². The quantitative estimate of drug-likeness (QED) is 0.763. The Balaban J connectivity index is 2.85. The zero-order valence-electron chi connectivity index (χ0n) is 9.04. The van der Waals surface area contributed by atoms with Gasteiger partial charge in [-0.15, -0.1) is 6.58 Å². The zero-order chi connectivity index (χ0) is 11.3. The summed E-state index contributed by atoms with van der Waals surface area (Å²) in [4.78, 5) is 11.6. The highest BCUT2D eigenvalue weighted by molar-refractivity contribution is 5.95. The minimum Gasteiger partial charge on any atom is -0.497 e. The second-order valence-corrected chi connectivity index (χ2v) is 3.18. The average Bonchev–Trinajstić information content (AvgIpc) is 2.25. The van der Waals surface area contributed by atoms with Crippen LogP contribution in [-0.2, 0) is 0 Å². The van der Waals surface area contributed by atoms with Crippen LogP contribution in [0, 0.1) is 6.92 Å². The molecule has 0 spiro atoms. The number of amides is 1. The lowest BCUT2D eigenvalue weighted by Gasteiger charge is -2.07. The fraction of sp³-hybridized carbons (Fsp3) is 0.250. The van der Waals surface area contributed by atoms with Gasteiger partial charge in [0.15, 0.2) is 0 Å². The molecule has 15 heavy (non-hydrogen) atoms. The first kappa shape index (κ1) is 11.3. The zero-order valence-corrected chi connectivity index (χ0v) is 9.04. The summed E-state index contributed by atoms with van der Waals surface area (Å²) in [6, 6.07) is 5.37. The molecule has 0 saturated carbocycles. The van der Waals surface area contributed by atoms with Crippen LogP contribution in [0.5, 0.6) is 5.75 Å². The number of ether oxygens (including phenoxy) is 1. The number of carbonyl (C=O) groups excluding carboxylic acids is 1. The molecule has 0 aliphatic carbocycles. The summed E-state index contributed by atoms with van der Waals surface area (Å²) in [5.74, 6) is 0.669. The second-order valence-electron chi connectivity index (χ2n) is 3.18. The lowest BCUT2D eigenvalue weighted by molar-refractivity contribution is 0.0957. The molecule has 0 radical (unpaired) electrons. The fourth-order valence-corrected chi connectivity index (χ4v) is 1.28.